The first-order valence-electron chi connectivity index (χ1n) is 6.45. The van der Waals surface area contributed by atoms with Gasteiger partial charge in [-0.15, -0.1) is 0 Å². The Morgan fingerprint density at radius 1 is 1.39 bits per heavy atom. The average Bonchev–Trinajstić information content (AvgIpc) is 2.31. The Balaban J connectivity index is 1.96. The normalized spacial score (nSPS) is 18.0. The van der Waals surface area contributed by atoms with E-state index < -0.39 is 0 Å². The molecule has 0 bridgehead atoms. The predicted octanol–water partition coefficient (Wildman–Crippen LogP) is 2.33. The molecule has 2 rings (SSSR count). The summed E-state index contributed by atoms with van der Waals surface area (Å²) in [7, 11) is 4.32. The van der Waals surface area contributed by atoms with E-state index in [1.54, 1.807) is 0 Å². The molecule has 0 aromatic carbocycles. The molecular formula is C13H21BrN4. The number of aryl methyl sites for hydroxylation is 1. The summed E-state index contributed by atoms with van der Waals surface area (Å²) < 4.78 is 0.861. The molecule has 1 aromatic rings. The molecule has 18 heavy (non-hydrogen) atoms. The van der Waals surface area contributed by atoms with Crippen LogP contribution in [0.4, 0.5) is 5.82 Å². The number of likely N-dealkylation sites (tertiary alicyclic amines) is 1. The number of anilines is 1. The number of rotatable bonds is 3. The second-order valence-electron chi connectivity index (χ2n) is 5.22. The molecule has 0 spiro atoms. The first-order chi connectivity index (χ1) is 8.54. The number of nitrogens with zero attached hydrogens (tertiary/aromatic N) is 4. The van der Waals surface area contributed by atoms with E-state index in [1.165, 1.54) is 25.9 Å². The third kappa shape index (κ3) is 3.65. The van der Waals surface area contributed by atoms with E-state index in [9.17, 15) is 0 Å². The molecule has 5 heteroatoms. The van der Waals surface area contributed by atoms with Gasteiger partial charge >= 0.3 is 0 Å². The van der Waals surface area contributed by atoms with E-state index in [2.05, 4.69) is 49.8 Å². The summed E-state index contributed by atoms with van der Waals surface area (Å²) in [5.41, 5.74) is 0. The SMILES string of the molecule is Cc1nc(Br)cc(N(C)CC2CCN(C)CC2)n1. The van der Waals surface area contributed by atoms with E-state index in [-0.39, 0.29) is 0 Å². The van der Waals surface area contributed by atoms with Crippen molar-refractivity contribution in [1.82, 2.24) is 14.9 Å². The standard InChI is InChI=1S/C13H21BrN4/c1-10-15-12(14)8-13(16-10)18(3)9-11-4-6-17(2)7-5-11/h8,11H,4-7,9H2,1-3H3. The minimum atomic E-state index is 0.778. The van der Waals surface area contributed by atoms with Gasteiger partial charge in [-0.2, -0.15) is 0 Å². The van der Waals surface area contributed by atoms with Gasteiger partial charge in [0.25, 0.3) is 0 Å². The van der Waals surface area contributed by atoms with Crippen molar-refractivity contribution in [1.29, 1.82) is 0 Å². The molecule has 4 nitrogen and oxygen atoms in total. The molecule has 0 N–H and O–H groups in total. The van der Waals surface area contributed by atoms with Crippen LogP contribution >= 0.6 is 15.9 Å². The van der Waals surface area contributed by atoms with E-state index >= 15 is 0 Å². The minimum absolute atomic E-state index is 0.778. The summed E-state index contributed by atoms with van der Waals surface area (Å²) >= 11 is 3.43. The molecule has 1 aliphatic heterocycles. The average molecular weight is 313 g/mol. The van der Waals surface area contributed by atoms with Gasteiger partial charge in [-0.05, 0) is 61.8 Å². The summed E-state index contributed by atoms with van der Waals surface area (Å²) in [6.45, 7) is 5.43. The molecule has 1 aromatic heterocycles. The van der Waals surface area contributed by atoms with Crippen LogP contribution in [0, 0.1) is 12.8 Å². The highest BCUT2D eigenvalue weighted by Gasteiger charge is 2.19. The topological polar surface area (TPSA) is 32.3 Å². The molecule has 0 aliphatic carbocycles. The Hall–Kier alpha value is -0.680. The molecule has 0 radical (unpaired) electrons. The van der Waals surface area contributed by atoms with Crippen LogP contribution in [0.25, 0.3) is 0 Å². The van der Waals surface area contributed by atoms with Crippen molar-refractivity contribution in [2.75, 3.05) is 38.6 Å². The molecule has 0 atom stereocenters. The van der Waals surface area contributed by atoms with Gasteiger partial charge in [0, 0.05) is 19.7 Å². The Kier molecular flexibility index (Phi) is 4.56. The lowest BCUT2D eigenvalue weighted by atomic mass is 9.97. The third-order valence-electron chi connectivity index (χ3n) is 3.55. The number of piperidine rings is 1. The largest absolute Gasteiger partial charge is 0.359 e. The van der Waals surface area contributed by atoms with Gasteiger partial charge in [0.15, 0.2) is 0 Å². The monoisotopic (exact) mass is 312 g/mol. The van der Waals surface area contributed by atoms with E-state index in [4.69, 9.17) is 0 Å². The summed E-state index contributed by atoms with van der Waals surface area (Å²) in [5, 5.41) is 0. The number of halogens is 1. The molecular weight excluding hydrogens is 292 g/mol. The molecule has 2 heterocycles. The number of hydrogen-bond acceptors (Lipinski definition) is 4. The van der Waals surface area contributed by atoms with Crippen molar-refractivity contribution in [3.05, 3.63) is 16.5 Å². The van der Waals surface area contributed by atoms with Crippen LogP contribution in [0.15, 0.2) is 10.7 Å². The van der Waals surface area contributed by atoms with Crippen LogP contribution in [0.5, 0.6) is 0 Å². The summed E-state index contributed by atoms with van der Waals surface area (Å²) in [6.07, 6.45) is 2.57. The van der Waals surface area contributed by atoms with E-state index in [1.807, 2.05) is 13.0 Å². The van der Waals surface area contributed by atoms with Crippen LogP contribution < -0.4 is 4.90 Å². The quantitative estimate of drug-likeness (QED) is 0.802. The number of hydrogen-bond donors (Lipinski definition) is 0. The van der Waals surface area contributed by atoms with Gasteiger partial charge in [0.05, 0.1) is 0 Å². The zero-order valence-corrected chi connectivity index (χ0v) is 12.9. The Morgan fingerprint density at radius 3 is 2.67 bits per heavy atom. The molecule has 1 aliphatic rings. The molecule has 1 saturated heterocycles. The van der Waals surface area contributed by atoms with Crippen molar-refractivity contribution in [2.45, 2.75) is 19.8 Å². The maximum Gasteiger partial charge on any atom is 0.133 e. The molecule has 0 saturated carbocycles. The summed E-state index contributed by atoms with van der Waals surface area (Å²) in [5.74, 6) is 2.60. The maximum absolute atomic E-state index is 4.49. The molecule has 0 amide bonds. The van der Waals surface area contributed by atoms with Crippen LogP contribution in [0.2, 0.25) is 0 Å². The lowest BCUT2D eigenvalue weighted by Crippen LogP contribution is -2.36. The van der Waals surface area contributed by atoms with E-state index in [0.29, 0.717) is 0 Å². The minimum Gasteiger partial charge on any atom is -0.359 e. The van der Waals surface area contributed by atoms with Crippen molar-refractivity contribution in [3.63, 3.8) is 0 Å². The van der Waals surface area contributed by atoms with Crippen LogP contribution in [0.3, 0.4) is 0 Å². The maximum atomic E-state index is 4.49. The Morgan fingerprint density at radius 2 is 2.06 bits per heavy atom. The second-order valence-corrected chi connectivity index (χ2v) is 6.04. The lowest BCUT2D eigenvalue weighted by Gasteiger charge is -2.32. The first kappa shape index (κ1) is 13.7. The fourth-order valence-corrected chi connectivity index (χ4v) is 2.90. The lowest BCUT2D eigenvalue weighted by molar-refractivity contribution is 0.222. The highest BCUT2D eigenvalue weighted by atomic mass is 79.9. The fourth-order valence-electron chi connectivity index (χ4n) is 2.44. The van der Waals surface area contributed by atoms with Gasteiger partial charge in [-0.25, -0.2) is 9.97 Å². The molecule has 1 fully saturated rings. The molecule has 0 unspecified atom stereocenters. The highest BCUT2D eigenvalue weighted by molar-refractivity contribution is 9.10. The van der Waals surface area contributed by atoms with Gasteiger partial charge in [-0.1, -0.05) is 0 Å². The van der Waals surface area contributed by atoms with Gasteiger partial charge < -0.3 is 9.80 Å². The van der Waals surface area contributed by atoms with Gasteiger partial charge in [0.2, 0.25) is 0 Å². The predicted molar refractivity (Wildman–Crippen MR) is 78.0 cm³/mol. The Bertz CT molecular complexity index is 382. The zero-order chi connectivity index (χ0) is 13.1. The third-order valence-corrected chi connectivity index (χ3v) is 3.96. The molecule has 100 valence electrons. The first-order valence-corrected chi connectivity index (χ1v) is 7.25. The van der Waals surface area contributed by atoms with Crippen LogP contribution in [-0.4, -0.2) is 48.6 Å². The van der Waals surface area contributed by atoms with Crippen molar-refractivity contribution in [2.24, 2.45) is 5.92 Å². The zero-order valence-electron chi connectivity index (χ0n) is 11.4. The van der Waals surface area contributed by atoms with E-state index in [0.717, 1.165) is 28.7 Å². The smallest absolute Gasteiger partial charge is 0.133 e. The van der Waals surface area contributed by atoms with Crippen LogP contribution in [0.1, 0.15) is 18.7 Å². The van der Waals surface area contributed by atoms with Crippen molar-refractivity contribution >= 4 is 21.7 Å². The van der Waals surface area contributed by atoms with Gasteiger partial charge in [0.1, 0.15) is 16.2 Å². The summed E-state index contributed by atoms with van der Waals surface area (Å²) in [6, 6.07) is 1.99. The summed E-state index contributed by atoms with van der Waals surface area (Å²) in [4.78, 5) is 13.4. The second kappa shape index (κ2) is 5.97. The Labute approximate surface area is 118 Å². The fraction of sp³-hybridized carbons (Fsp3) is 0.692. The van der Waals surface area contributed by atoms with Crippen LogP contribution in [-0.2, 0) is 0 Å². The number of aromatic nitrogens is 2. The van der Waals surface area contributed by atoms with Gasteiger partial charge in [-0.3, -0.25) is 0 Å². The van der Waals surface area contributed by atoms with Crippen molar-refractivity contribution in [3.8, 4) is 0 Å². The van der Waals surface area contributed by atoms with Crippen molar-refractivity contribution < 1.29 is 0 Å². The highest BCUT2D eigenvalue weighted by Crippen LogP contribution is 2.21.